The highest BCUT2D eigenvalue weighted by molar-refractivity contribution is 7.91. The Kier molecular flexibility index (Phi) is 6.59. The minimum absolute atomic E-state index is 0.0261. The molecule has 2 aromatic rings. The van der Waals surface area contributed by atoms with Gasteiger partial charge in [0, 0.05) is 16.5 Å². The van der Waals surface area contributed by atoms with E-state index in [2.05, 4.69) is 0 Å². The van der Waals surface area contributed by atoms with Gasteiger partial charge < -0.3 is 9.64 Å². The van der Waals surface area contributed by atoms with Crippen molar-refractivity contribution in [1.82, 2.24) is 4.90 Å². The van der Waals surface area contributed by atoms with Crippen molar-refractivity contribution in [3.05, 3.63) is 49.6 Å². The molecule has 0 saturated carbocycles. The first-order valence-electron chi connectivity index (χ1n) is 8.88. The van der Waals surface area contributed by atoms with E-state index in [0.29, 0.717) is 30.9 Å². The average molecular weight is 462 g/mol. The standard InChI is InChI=1S/C19H21Cl2NO4S2/c1-3-26-18-15(20)8-13(9-16(18)21)19(23)22(10-17-12(2)4-6-27-17)14-5-7-28(24,25)11-14/h4,6,8-9,14H,3,5,7,10-11H2,1-2H3. The minimum atomic E-state index is -3.14. The molecule has 1 unspecified atom stereocenters. The molecule has 0 bridgehead atoms. The van der Waals surface area contributed by atoms with Crippen LogP contribution in [0.3, 0.4) is 0 Å². The van der Waals surface area contributed by atoms with Crippen LogP contribution in [0.5, 0.6) is 5.75 Å². The highest BCUT2D eigenvalue weighted by Crippen LogP contribution is 2.35. The SMILES string of the molecule is CCOc1c(Cl)cc(C(=O)N(Cc2sccc2C)C2CCS(=O)(=O)C2)cc1Cl. The largest absolute Gasteiger partial charge is 0.491 e. The van der Waals surface area contributed by atoms with E-state index in [9.17, 15) is 13.2 Å². The van der Waals surface area contributed by atoms with Gasteiger partial charge in [-0.25, -0.2) is 8.42 Å². The van der Waals surface area contributed by atoms with Crippen molar-refractivity contribution in [1.29, 1.82) is 0 Å². The maximum absolute atomic E-state index is 13.3. The van der Waals surface area contributed by atoms with Crippen LogP contribution < -0.4 is 4.74 Å². The summed E-state index contributed by atoms with van der Waals surface area (Å²) in [6, 6.07) is 4.67. The van der Waals surface area contributed by atoms with Gasteiger partial charge in [-0.2, -0.15) is 0 Å². The van der Waals surface area contributed by atoms with E-state index in [1.165, 1.54) is 12.1 Å². The van der Waals surface area contributed by atoms with Gasteiger partial charge >= 0.3 is 0 Å². The van der Waals surface area contributed by atoms with Gasteiger partial charge in [0.25, 0.3) is 5.91 Å². The smallest absolute Gasteiger partial charge is 0.254 e. The molecule has 5 nitrogen and oxygen atoms in total. The second-order valence-electron chi connectivity index (χ2n) is 6.72. The number of ether oxygens (including phenoxy) is 1. The number of carbonyl (C=O) groups is 1. The fourth-order valence-electron chi connectivity index (χ4n) is 3.24. The summed E-state index contributed by atoms with van der Waals surface area (Å²) in [5.74, 6) is 0.116. The third-order valence-corrected chi connectivity index (χ3v) is 8.05. The fourth-order valence-corrected chi connectivity index (χ4v) is 6.47. The summed E-state index contributed by atoms with van der Waals surface area (Å²) in [7, 11) is -3.14. The highest BCUT2D eigenvalue weighted by atomic mass is 35.5. The van der Waals surface area contributed by atoms with Crippen molar-refractivity contribution in [3.63, 3.8) is 0 Å². The number of nitrogens with zero attached hydrogens (tertiary/aromatic N) is 1. The number of thiophene rings is 1. The van der Waals surface area contributed by atoms with Crippen molar-refractivity contribution in [2.75, 3.05) is 18.1 Å². The Morgan fingerprint density at radius 3 is 2.50 bits per heavy atom. The molecule has 28 heavy (non-hydrogen) atoms. The van der Waals surface area contributed by atoms with Crippen LogP contribution >= 0.6 is 34.5 Å². The number of sulfone groups is 1. The van der Waals surface area contributed by atoms with Crippen molar-refractivity contribution >= 4 is 50.3 Å². The fraction of sp³-hybridized carbons (Fsp3) is 0.421. The summed E-state index contributed by atoms with van der Waals surface area (Å²) in [4.78, 5) is 16.0. The van der Waals surface area contributed by atoms with E-state index in [1.54, 1.807) is 16.2 Å². The van der Waals surface area contributed by atoms with Crippen LogP contribution in [-0.4, -0.2) is 43.4 Å². The molecule has 2 heterocycles. The van der Waals surface area contributed by atoms with Crippen molar-refractivity contribution in [2.24, 2.45) is 0 Å². The van der Waals surface area contributed by atoms with Crippen LogP contribution in [0.1, 0.15) is 34.1 Å². The molecule has 3 rings (SSSR count). The third kappa shape index (κ3) is 4.64. The predicted molar refractivity (Wildman–Crippen MR) is 114 cm³/mol. The summed E-state index contributed by atoms with van der Waals surface area (Å²) in [6.45, 7) is 4.54. The summed E-state index contributed by atoms with van der Waals surface area (Å²) in [5, 5.41) is 2.47. The molecule has 0 N–H and O–H groups in total. The molecule has 1 fully saturated rings. The maximum atomic E-state index is 13.3. The van der Waals surface area contributed by atoms with E-state index in [0.717, 1.165) is 10.4 Å². The van der Waals surface area contributed by atoms with Gasteiger partial charge in [0.15, 0.2) is 15.6 Å². The lowest BCUT2D eigenvalue weighted by Gasteiger charge is -2.28. The molecular weight excluding hydrogens is 441 g/mol. The summed E-state index contributed by atoms with van der Waals surface area (Å²) in [5.41, 5.74) is 1.39. The van der Waals surface area contributed by atoms with Crippen LogP contribution in [0.2, 0.25) is 10.0 Å². The van der Waals surface area contributed by atoms with Gasteiger partial charge in [-0.15, -0.1) is 11.3 Å². The number of hydrogen-bond acceptors (Lipinski definition) is 5. The van der Waals surface area contributed by atoms with Gasteiger partial charge in [0.05, 0.1) is 34.7 Å². The van der Waals surface area contributed by atoms with Gasteiger partial charge in [0.1, 0.15) is 0 Å². The molecule has 0 aliphatic carbocycles. The average Bonchev–Trinajstić information content (AvgIpc) is 3.20. The number of halogens is 2. The number of carbonyl (C=O) groups excluding carboxylic acids is 1. The highest BCUT2D eigenvalue weighted by Gasteiger charge is 2.35. The van der Waals surface area contributed by atoms with E-state index in [4.69, 9.17) is 27.9 Å². The second-order valence-corrected chi connectivity index (χ2v) is 10.8. The number of amides is 1. The van der Waals surface area contributed by atoms with Gasteiger partial charge in [-0.05, 0) is 49.4 Å². The van der Waals surface area contributed by atoms with Crippen molar-refractivity contribution < 1.29 is 17.9 Å². The zero-order valence-electron chi connectivity index (χ0n) is 15.6. The summed E-state index contributed by atoms with van der Waals surface area (Å²) in [6.07, 6.45) is 0.428. The first kappa shape index (κ1) is 21.4. The molecule has 1 amide bonds. The lowest BCUT2D eigenvalue weighted by atomic mass is 10.1. The number of aryl methyl sites for hydroxylation is 1. The van der Waals surface area contributed by atoms with Gasteiger partial charge in [-0.1, -0.05) is 23.2 Å². The van der Waals surface area contributed by atoms with E-state index in [-0.39, 0.29) is 33.5 Å². The van der Waals surface area contributed by atoms with Crippen LogP contribution in [0.4, 0.5) is 0 Å². The molecule has 1 saturated heterocycles. The Morgan fingerprint density at radius 1 is 1.32 bits per heavy atom. The summed E-state index contributed by atoms with van der Waals surface area (Å²) < 4.78 is 29.4. The van der Waals surface area contributed by atoms with E-state index < -0.39 is 9.84 Å². The first-order valence-corrected chi connectivity index (χ1v) is 12.3. The molecule has 9 heteroatoms. The molecule has 1 atom stereocenters. The number of rotatable bonds is 6. The lowest BCUT2D eigenvalue weighted by Crippen LogP contribution is -2.40. The van der Waals surface area contributed by atoms with Crippen molar-refractivity contribution in [2.45, 2.75) is 32.9 Å². The molecule has 0 radical (unpaired) electrons. The Balaban J connectivity index is 1.95. The predicted octanol–water partition coefficient (Wildman–Crippen LogP) is 4.59. The zero-order chi connectivity index (χ0) is 20.5. The quantitative estimate of drug-likeness (QED) is 0.630. The Morgan fingerprint density at radius 2 is 2.00 bits per heavy atom. The van der Waals surface area contributed by atoms with Crippen LogP contribution in [0.25, 0.3) is 0 Å². The van der Waals surface area contributed by atoms with Crippen molar-refractivity contribution in [3.8, 4) is 5.75 Å². The molecule has 1 aromatic heterocycles. The maximum Gasteiger partial charge on any atom is 0.254 e. The molecule has 152 valence electrons. The monoisotopic (exact) mass is 461 g/mol. The Labute approximate surface area is 179 Å². The lowest BCUT2D eigenvalue weighted by molar-refractivity contribution is 0.0683. The van der Waals surface area contributed by atoms with Crippen LogP contribution in [0, 0.1) is 6.92 Å². The minimum Gasteiger partial charge on any atom is -0.491 e. The molecule has 1 aromatic carbocycles. The molecule has 1 aliphatic rings. The van der Waals surface area contributed by atoms with Gasteiger partial charge in [-0.3, -0.25) is 4.79 Å². The number of hydrogen-bond donors (Lipinski definition) is 0. The first-order chi connectivity index (χ1) is 13.2. The zero-order valence-corrected chi connectivity index (χ0v) is 18.7. The van der Waals surface area contributed by atoms with Crippen LogP contribution in [-0.2, 0) is 16.4 Å². The number of benzene rings is 1. The third-order valence-electron chi connectivity index (χ3n) is 4.73. The van der Waals surface area contributed by atoms with Crippen LogP contribution in [0.15, 0.2) is 23.6 Å². The Hall–Kier alpha value is -1.28. The van der Waals surface area contributed by atoms with E-state index >= 15 is 0 Å². The Bertz CT molecular complexity index is 965. The molecule has 1 aliphatic heterocycles. The topological polar surface area (TPSA) is 63.7 Å². The molecule has 0 spiro atoms. The summed E-state index contributed by atoms with van der Waals surface area (Å²) >= 11 is 14.1. The second kappa shape index (κ2) is 8.61. The molecular formula is C19H21Cl2NO4S2. The van der Waals surface area contributed by atoms with Gasteiger partial charge in [0.2, 0.25) is 0 Å². The normalized spacial score (nSPS) is 18.2. The van der Waals surface area contributed by atoms with E-state index in [1.807, 2.05) is 25.3 Å².